The van der Waals surface area contributed by atoms with Crippen LogP contribution in [0.1, 0.15) is 5.56 Å². The van der Waals surface area contributed by atoms with Crippen LogP contribution in [-0.4, -0.2) is 39.0 Å². The summed E-state index contributed by atoms with van der Waals surface area (Å²) in [4.78, 5) is 11.3. The van der Waals surface area contributed by atoms with E-state index < -0.39 is 28.8 Å². The van der Waals surface area contributed by atoms with Crippen LogP contribution in [0.5, 0.6) is 0 Å². The molecule has 0 amide bonds. The van der Waals surface area contributed by atoms with E-state index in [-0.39, 0.29) is 5.75 Å². The maximum Gasteiger partial charge on any atom is 0.317 e. The fraction of sp³-hybridized carbons (Fsp3) is 0.364. The first-order valence-electron chi connectivity index (χ1n) is 4.73. The van der Waals surface area contributed by atoms with Crippen LogP contribution in [0.25, 0.3) is 0 Å². The summed E-state index contributed by atoms with van der Waals surface area (Å²) in [5.41, 5.74) is -0.999. The second-order valence-corrected chi connectivity index (χ2v) is 5.06. The molecule has 88 valence electrons. The van der Waals surface area contributed by atoms with Gasteiger partial charge in [0.25, 0.3) is 0 Å². The van der Waals surface area contributed by atoms with Crippen molar-refractivity contribution in [3.05, 3.63) is 35.9 Å². The second-order valence-electron chi connectivity index (χ2n) is 3.63. The summed E-state index contributed by atoms with van der Waals surface area (Å²) < 4.78 is 11.2. The highest BCUT2D eigenvalue weighted by Gasteiger charge is 2.40. The maximum atomic E-state index is 11.3. The first kappa shape index (κ1) is 12.9. The normalized spacial score (nSPS) is 16.4. The van der Waals surface area contributed by atoms with E-state index >= 15 is 0 Å². The van der Waals surface area contributed by atoms with Crippen LogP contribution >= 0.6 is 0 Å². The Kier molecular flexibility index (Phi) is 4.20. The van der Waals surface area contributed by atoms with Gasteiger partial charge in [0.2, 0.25) is 0 Å². The van der Waals surface area contributed by atoms with Crippen molar-refractivity contribution in [2.45, 2.75) is 5.41 Å². The number of aliphatic hydroxyl groups excluding tert-OH is 1. The van der Waals surface area contributed by atoms with Gasteiger partial charge in [0.15, 0.2) is 0 Å². The lowest BCUT2D eigenvalue weighted by atomic mass is 9.83. The fourth-order valence-corrected chi connectivity index (χ4v) is 2.65. The highest BCUT2D eigenvalue weighted by atomic mass is 32.2. The number of carboxylic acid groups (broad SMARTS) is 1. The summed E-state index contributed by atoms with van der Waals surface area (Å²) in [6.45, 7) is -0.564. The lowest BCUT2D eigenvalue weighted by Gasteiger charge is -2.26. The molecule has 0 aliphatic rings. The van der Waals surface area contributed by atoms with Gasteiger partial charge < -0.3 is 10.2 Å². The Labute approximate surface area is 96.4 Å². The number of aliphatic hydroxyl groups is 1. The fourth-order valence-electron chi connectivity index (χ4n) is 1.58. The topological polar surface area (TPSA) is 74.6 Å². The van der Waals surface area contributed by atoms with Crippen molar-refractivity contribution in [3.63, 3.8) is 0 Å². The molecule has 4 nitrogen and oxygen atoms in total. The molecule has 0 heterocycles. The van der Waals surface area contributed by atoms with E-state index in [4.69, 9.17) is 0 Å². The molecule has 2 atom stereocenters. The van der Waals surface area contributed by atoms with Gasteiger partial charge in [-0.1, -0.05) is 30.3 Å². The monoisotopic (exact) mass is 242 g/mol. The number of benzene rings is 1. The predicted octanol–water partition coefficient (Wildman–Crippen LogP) is 0.380. The molecular weight excluding hydrogens is 228 g/mol. The van der Waals surface area contributed by atoms with E-state index in [9.17, 15) is 19.2 Å². The molecule has 1 aromatic carbocycles. The summed E-state index contributed by atoms with van der Waals surface area (Å²) in [5.74, 6) is -1.25. The molecule has 2 N–H and O–H groups in total. The molecule has 0 aromatic heterocycles. The van der Waals surface area contributed by atoms with Crippen molar-refractivity contribution in [3.8, 4) is 0 Å². The van der Waals surface area contributed by atoms with E-state index in [1.165, 1.54) is 6.26 Å². The average molecular weight is 242 g/mol. The molecule has 5 heteroatoms. The Balaban J connectivity index is 3.23. The lowest BCUT2D eigenvalue weighted by Crippen LogP contribution is -2.44. The van der Waals surface area contributed by atoms with E-state index in [0.29, 0.717) is 5.56 Å². The summed E-state index contributed by atoms with van der Waals surface area (Å²) in [6, 6.07) is 8.40. The van der Waals surface area contributed by atoms with E-state index in [1.807, 2.05) is 0 Å². The molecule has 16 heavy (non-hydrogen) atoms. The molecule has 0 saturated carbocycles. The number of carboxylic acids is 1. The van der Waals surface area contributed by atoms with Crippen molar-refractivity contribution in [1.82, 2.24) is 0 Å². The molecule has 0 aliphatic heterocycles. The highest BCUT2D eigenvalue weighted by Crippen LogP contribution is 2.25. The molecule has 1 aromatic rings. The van der Waals surface area contributed by atoms with Gasteiger partial charge in [-0.2, -0.15) is 0 Å². The quantitative estimate of drug-likeness (QED) is 0.782. The Morgan fingerprint density at radius 3 is 2.31 bits per heavy atom. The van der Waals surface area contributed by atoms with Crippen LogP contribution in [0.2, 0.25) is 0 Å². The van der Waals surface area contributed by atoms with Crippen LogP contribution in [-0.2, 0) is 21.0 Å². The van der Waals surface area contributed by atoms with Gasteiger partial charge in [-0.25, -0.2) is 0 Å². The minimum absolute atomic E-state index is 0.0944. The zero-order valence-electron chi connectivity index (χ0n) is 8.92. The van der Waals surface area contributed by atoms with Crippen LogP contribution in [0, 0.1) is 0 Å². The summed E-state index contributed by atoms with van der Waals surface area (Å²) in [6.07, 6.45) is 1.43. The number of rotatable bonds is 5. The number of carbonyl (C=O) groups is 1. The first-order chi connectivity index (χ1) is 7.53. The van der Waals surface area contributed by atoms with Crippen LogP contribution < -0.4 is 0 Å². The Morgan fingerprint density at radius 2 is 1.94 bits per heavy atom. The molecule has 0 fully saturated rings. The summed E-state index contributed by atoms with van der Waals surface area (Å²) >= 11 is 0. The number of hydrogen-bond donors (Lipinski definition) is 2. The minimum atomic E-state index is -1.47. The van der Waals surface area contributed by atoms with Crippen molar-refractivity contribution in [1.29, 1.82) is 0 Å². The molecule has 0 spiro atoms. The Hall–Kier alpha value is -1.20. The van der Waals surface area contributed by atoms with Crippen molar-refractivity contribution >= 4 is 16.8 Å². The second kappa shape index (κ2) is 5.23. The van der Waals surface area contributed by atoms with Gasteiger partial charge in [-0.15, -0.1) is 0 Å². The Bertz CT molecular complexity index is 390. The van der Waals surface area contributed by atoms with Gasteiger partial charge in [0.05, 0.1) is 6.61 Å². The van der Waals surface area contributed by atoms with Gasteiger partial charge in [0.1, 0.15) is 5.41 Å². The van der Waals surface area contributed by atoms with E-state index in [1.54, 1.807) is 30.3 Å². The SMILES string of the molecule is CS(=O)C[C@@](CO)(C(=O)O)c1ccccc1. The zero-order valence-corrected chi connectivity index (χ0v) is 9.74. The van der Waals surface area contributed by atoms with Crippen LogP contribution in [0.3, 0.4) is 0 Å². The van der Waals surface area contributed by atoms with Crippen LogP contribution in [0.4, 0.5) is 0 Å². The standard InChI is InChI=1S/C11H14O4S/c1-16(15)8-11(7-12,10(13)14)9-5-3-2-4-6-9/h2-6,12H,7-8H2,1H3,(H,13,14)/t11-,16?/m1/s1. The van der Waals surface area contributed by atoms with Crippen molar-refractivity contribution < 1.29 is 19.2 Å². The van der Waals surface area contributed by atoms with Gasteiger partial charge in [0, 0.05) is 22.8 Å². The summed E-state index contributed by atoms with van der Waals surface area (Å²) in [7, 11) is -1.30. The Morgan fingerprint density at radius 1 is 1.38 bits per heavy atom. The molecular formula is C11H14O4S. The predicted molar refractivity (Wildman–Crippen MR) is 61.8 cm³/mol. The smallest absolute Gasteiger partial charge is 0.317 e. The molecule has 1 unspecified atom stereocenters. The third-order valence-corrected chi connectivity index (χ3v) is 3.35. The van der Waals surface area contributed by atoms with E-state index in [0.717, 1.165) is 0 Å². The molecule has 0 aliphatic carbocycles. The zero-order chi connectivity index (χ0) is 12.2. The highest BCUT2D eigenvalue weighted by molar-refractivity contribution is 7.84. The molecule has 0 bridgehead atoms. The van der Waals surface area contributed by atoms with Gasteiger partial charge in [-0.3, -0.25) is 9.00 Å². The number of hydrogen-bond acceptors (Lipinski definition) is 3. The maximum absolute atomic E-state index is 11.3. The average Bonchev–Trinajstić information content (AvgIpc) is 2.26. The number of aliphatic carboxylic acids is 1. The third-order valence-electron chi connectivity index (χ3n) is 2.46. The lowest BCUT2D eigenvalue weighted by molar-refractivity contribution is -0.144. The molecule has 0 saturated heterocycles. The van der Waals surface area contributed by atoms with Crippen molar-refractivity contribution in [2.75, 3.05) is 18.6 Å². The van der Waals surface area contributed by atoms with Gasteiger partial charge >= 0.3 is 5.97 Å². The van der Waals surface area contributed by atoms with E-state index in [2.05, 4.69) is 0 Å². The largest absolute Gasteiger partial charge is 0.480 e. The molecule has 0 radical (unpaired) electrons. The first-order valence-corrected chi connectivity index (χ1v) is 6.45. The van der Waals surface area contributed by atoms with Crippen molar-refractivity contribution in [2.24, 2.45) is 0 Å². The molecule has 1 rings (SSSR count). The van der Waals surface area contributed by atoms with Crippen LogP contribution in [0.15, 0.2) is 30.3 Å². The summed E-state index contributed by atoms with van der Waals surface area (Å²) in [5, 5.41) is 18.6. The van der Waals surface area contributed by atoms with Gasteiger partial charge in [-0.05, 0) is 5.56 Å². The third kappa shape index (κ3) is 2.48. The minimum Gasteiger partial charge on any atom is -0.480 e.